The second-order valence-electron chi connectivity index (χ2n) is 3.57. The molecular formula is C11H13N5O. The Morgan fingerprint density at radius 3 is 2.59 bits per heavy atom. The molecule has 1 aromatic carbocycles. The predicted molar refractivity (Wildman–Crippen MR) is 63.9 cm³/mol. The normalized spacial score (nSPS) is 10.2. The summed E-state index contributed by atoms with van der Waals surface area (Å²) in [6.07, 6.45) is 0. The number of rotatable bonds is 2. The molecule has 88 valence electrons. The van der Waals surface area contributed by atoms with E-state index in [1.165, 1.54) is 0 Å². The number of carbonyl (C=O) groups is 1. The van der Waals surface area contributed by atoms with Gasteiger partial charge in [0.05, 0.1) is 5.69 Å². The number of hydrogen-bond acceptors (Lipinski definition) is 4. The Hall–Kier alpha value is -2.37. The molecule has 6 heteroatoms. The van der Waals surface area contributed by atoms with Crippen molar-refractivity contribution in [2.75, 3.05) is 12.8 Å². The molecule has 2 rings (SSSR count). The molecule has 0 saturated heterocycles. The lowest BCUT2D eigenvalue weighted by molar-refractivity contribution is 0.0953. The van der Waals surface area contributed by atoms with Gasteiger partial charge in [0.1, 0.15) is 5.82 Å². The zero-order chi connectivity index (χ0) is 12.4. The van der Waals surface area contributed by atoms with Crippen molar-refractivity contribution in [3.05, 3.63) is 35.9 Å². The Labute approximate surface area is 98.5 Å². The number of hydrogen-bond donors (Lipinski definition) is 2. The standard InChI is InChI=1S/C11H13N5O/c1-7-14-10(11(17)13-2)15-16(7)9-5-3-8(12)4-6-9/h3-6H,12H2,1-2H3,(H,13,17). The Bertz CT molecular complexity index is 543. The SMILES string of the molecule is CNC(=O)c1nc(C)n(-c2ccc(N)cc2)n1. The summed E-state index contributed by atoms with van der Waals surface area (Å²) in [5, 5.41) is 6.62. The minimum atomic E-state index is -0.303. The molecule has 0 saturated carbocycles. The van der Waals surface area contributed by atoms with Crippen LogP contribution in [-0.2, 0) is 0 Å². The van der Waals surface area contributed by atoms with E-state index in [2.05, 4.69) is 15.4 Å². The molecule has 0 spiro atoms. The number of nitrogens with two attached hydrogens (primary N) is 1. The third-order valence-corrected chi connectivity index (χ3v) is 2.34. The van der Waals surface area contributed by atoms with E-state index in [4.69, 9.17) is 5.73 Å². The van der Waals surface area contributed by atoms with Crippen LogP contribution in [0.2, 0.25) is 0 Å². The van der Waals surface area contributed by atoms with Gasteiger partial charge in [-0.15, -0.1) is 5.10 Å². The average Bonchev–Trinajstić information content (AvgIpc) is 2.71. The van der Waals surface area contributed by atoms with Crippen LogP contribution in [0.1, 0.15) is 16.4 Å². The number of nitrogens with one attached hydrogen (secondary N) is 1. The van der Waals surface area contributed by atoms with E-state index in [9.17, 15) is 4.79 Å². The number of carbonyl (C=O) groups excluding carboxylic acids is 1. The Morgan fingerprint density at radius 2 is 2.00 bits per heavy atom. The summed E-state index contributed by atoms with van der Waals surface area (Å²) in [6.45, 7) is 1.79. The molecule has 0 radical (unpaired) electrons. The quantitative estimate of drug-likeness (QED) is 0.738. The molecule has 3 N–H and O–H groups in total. The van der Waals surface area contributed by atoms with Crippen LogP contribution in [-0.4, -0.2) is 27.7 Å². The second kappa shape index (κ2) is 4.25. The fraction of sp³-hybridized carbons (Fsp3) is 0.182. The van der Waals surface area contributed by atoms with Gasteiger partial charge in [-0.05, 0) is 31.2 Å². The fourth-order valence-electron chi connectivity index (χ4n) is 1.46. The monoisotopic (exact) mass is 231 g/mol. The van der Waals surface area contributed by atoms with Gasteiger partial charge in [0.15, 0.2) is 0 Å². The van der Waals surface area contributed by atoms with Crippen molar-refractivity contribution in [2.45, 2.75) is 6.92 Å². The molecule has 1 aromatic heterocycles. The van der Waals surface area contributed by atoms with Gasteiger partial charge in [0, 0.05) is 12.7 Å². The Balaban J connectivity index is 2.42. The fourth-order valence-corrected chi connectivity index (χ4v) is 1.46. The van der Waals surface area contributed by atoms with E-state index in [1.54, 1.807) is 30.8 Å². The lowest BCUT2D eigenvalue weighted by Crippen LogP contribution is -2.19. The number of anilines is 1. The highest BCUT2D eigenvalue weighted by molar-refractivity contribution is 5.90. The summed E-state index contributed by atoms with van der Waals surface area (Å²) in [5.41, 5.74) is 7.11. The summed E-state index contributed by atoms with van der Waals surface area (Å²) in [5.74, 6) is 0.498. The molecule has 0 aliphatic heterocycles. The molecule has 0 atom stereocenters. The van der Waals surface area contributed by atoms with E-state index < -0.39 is 0 Å². The molecule has 0 aliphatic carbocycles. The molecule has 0 bridgehead atoms. The largest absolute Gasteiger partial charge is 0.399 e. The van der Waals surface area contributed by atoms with Gasteiger partial charge in [-0.1, -0.05) is 0 Å². The van der Waals surface area contributed by atoms with Crippen molar-refractivity contribution in [3.63, 3.8) is 0 Å². The van der Waals surface area contributed by atoms with Crippen LogP contribution >= 0.6 is 0 Å². The summed E-state index contributed by atoms with van der Waals surface area (Å²) < 4.78 is 1.60. The van der Waals surface area contributed by atoms with E-state index >= 15 is 0 Å². The maximum Gasteiger partial charge on any atom is 0.290 e. The van der Waals surface area contributed by atoms with Crippen LogP contribution in [0.4, 0.5) is 5.69 Å². The van der Waals surface area contributed by atoms with Crippen molar-refractivity contribution in [2.24, 2.45) is 0 Å². The van der Waals surface area contributed by atoms with Gasteiger partial charge in [-0.3, -0.25) is 4.79 Å². The van der Waals surface area contributed by atoms with E-state index in [0.717, 1.165) is 5.69 Å². The summed E-state index contributed by atoms with van der Waals surface area (Å²) >= 11 is 0. The molecule has 0 fully saturated rings. The average molecular weight is 231 g/mol. The van der Waals surface area contributed by atoms with Gasteiger partial charge in [0.25, 0.3) is 5.91 Å². The molecule has 0 aliphatic rings. The van der Waals surface area contributed by atoms with E-state index in [0.29, 0.717) is 11.5 Å². The Morgan fingerprint density at radius 1 is 1.35 bits per heavy atom. The third kappa shape index (κ3) is 2.10. The van der Waals surface area contributed by atoms with Gasteiger partial charge >= 0.3 is 0 Å². The number of nitrogens with zero attached hydrogens (tertiary/aromatic N) is 3. The lowest BCUT2D eigenvalue weighted by atomic mass is 10.3. The lowest BCUT2D eigenvalue weighted by Gasteiger charge is -2.02. The van der Waals surface area contributed by atoms with Gasteiger partial charge in [-0.25, -0.2) is 9.67 Å². The molecule has 17 heavy (non-hydrogen) atoms. The van der Waals surface area contributed by atoms with Crippen molar-refractivity contribution < 1.29 is 4.79 Å². The van der Waals surface area contributed by atoms with Crippen LogP contribution < -0.4 is 11.1 Å². The van der Waals surface area contributed by atoms with Crippen LogP contribution in [0.25, 0.3) is 5.69 Å². The summed E-state index contributed by atoms with van der Waals surface area (Å²) in [7, 11) is 1.54. The highest BCUT2D eigenvalue weighted by Crippen LogP contribution is 2.11. The minimum Gasteiger partial charge on any atom is -0.399 e. The maximum atomic E-state index is 11.4. The number of benzene rings is 1. The van der Waals surface area contributed by atoms with Crippen molar-refractivity contribution in [1.29, 1.82) is 0 Å². The first-order chi connectivity index (χ1) is 8.11. The van der Waals surface area contributed by atoms with Crippen LogP contribution in [0.3, 0.4) is 0 Å². The third-order valence-electron chi connectivity index (χ3n) is 2.34. The number of aromatic nitrogens is 3. The predicted octanol–water partition coefficient (Wildman–Crippen LogP) is 0.518. The highest BCUT2D eigenvalue weighted by Gasteiger charge is 2.13. The van der Waals surface area contributed by atoms with Gasteiger partial charge in [0.2, 0.25) is 5.82 Å². The zero-order valence-electron chi connectivity index (χ0n) is 9.64. The van der Waals surface area contributed by atoms with Gasteiger partial charge in [-0.2, -0.15) is 0 Å². The maximum absolute atomic E-state index is 11.4. The highest BCUT2D eigenvalue weighted by atomic mass is 16.2. The van der Waals surface area contributed by atoms with Crippen molar-refractivity contribution >= 4 is 11.6 Å². The van der Waals surface area contributed by atoms with Crippen LogP contribution in [0, 0.1) is 6.92 Å². The first-order valence-corrected chi connectivity index (χ1v) is 5.13. The van der Waals surface area contributed by atoms with Gasteiger partial charge < -0.3 is 11.1 Å². The van der Waals surface area contributed by atoms with Crippen molar-refractivity contribution in [1.82, 2.24) is 20.1 Å². The smallest absolute Gasteiger partial charge is 0.290 e. The molecular weight excluding hydrogens is 218 g/mol. The van der Waals surface area contributed by atoms with E-state index in [-0.39, 0.29) is 11.7 Å². The van der Waals surface area contributed by atoms with Crippen molar-refractivity contribution in [3.8, 4) is 5.69 Å². The molecule has 1 heterocycles. The van der Waals surface area contributed by atoms with E-state index in [1.807, 2.05) is 12.1 Å². The second-order valence-corrected chi connectivity index (χ2v) is 3.57. The van der Waals surface area contributed by atoms with Crippen LogP contribution in [0.5, 0.6) is 0 Å². The molecule has 0 unspecified atom stereocenters. The summed E-state index contributed by atoms with van der Waals surface area (Å²) in [6, 6.07) is 7.20. The zero-order valence-corrected chi connectivity index (χ0v) is 9.64. The first-order valence-electron chi connectivity index (χ1n) is 5.13. The summed E-state index contributed by atoms with van der Waals surface area (Å²) in [4.78, 5) is 15.5. The first kappa shape index (κ1) is 11.1. The number of nitrogen functional groups attached to an aromatic ring is 1. The number of aryl methyl sites for hydroxylation is 1. The topological polar surface area (TPSA) is 85.8 Å². The molecule has 1 amide bonds. The number of amides is 1. The molecule has 2 aromatic rings. The minimum absolute atomic E-state index is 0.154. The Kier molecular flexibility index (Phi) is 2.78. The molecule has 6 nitrogen and oxygen atoms in total. The van der Waals surface area contributed by atoms with Crippen LogP contribution in [0.15, 0.2) is 24.3 Å².